The standard InChI is InChI=1S/C12H22N4O2S/c1-2-5-16-6-3-9(4-7-16)15-12(18)11(17)14-8-10(13)19/h9H,2-8H2,1H3,(H2,13,19)(H,14,17)(H,15,18). The number of hydrogen-bond donors (Lipinski definition) is 3. The maximum Gasteiger partial charge on any atom is 0.309 e. The quantitative estimate of drug-likeness (QED) is 0.463. The van der Waals surface area contributed by atoms with Gasteiger partial charge < -0.3 is 21.3 Å². The van der Waals surface area contributed by atoms with E-state index in [4.69, 9.17) is 5.73 Å². The van der Waals surface area contributed by atoms with E-state index < -0.39 is 11.8 Å². The second kappa shape index (κ2) is 8.06. The number of hydrogen-bond acceptors (Lipinski definition) is 4. The third-order valence-corrected chi connectivity index (χ3v) is 3.24. The summed E-state index contributed by atoms with van der Waals surface area (Å²) < 4.78 is 0. The van der Waals surface area contributed by atoms with Crippen LogP contribution in [0.3, 0.4) is 0 Å². The number of carbonyl (C=O) groups excluding carboxylic acids is 2. The minimum atomic E-state index is -0.677. The molecular weight excluding hydrogens is 264 g/mol. The van der Waals surface area contributed by atoms with Crippen molar-refractivity contribution in [2.75, 3.05) is 26.2 Å². The average molecular weight is 286 g/mol. The number of likely N-dealkylation sites (tertiary alicyclic amines) is 1. The molecule has 6 nitrogen and oxygen atoms in total. The van der Waals surface area contributed by atoms with Crippen molar-refractivity contribution < 1.29 is 9.59 Å². The van der Waals surface area contributed by atoms with Gasteiger partial charge in [0.2, 0.25) is 0 Å². The van der Waals surface area contributed by atoms with Gasteiger partial charge in [0.05, 0.1) is 11.5 Å². The lowest BCUT2D eigenvalue weighted by atomic mass is 10.0. The van der Waals surface area contributed by atoms with E-state index in [0.29, 0.717) is 0 Å². The Labute approximate surface area is 119 Å². The fourth-order valence-electron chi connectivity index (χ4n) is 2.12. The molecule has 1 heterocycles. The molecule has 0 aromatic carbocycles. The van der Waals surface area contributed by atoms with Gasteiger partial charge in [-0.1, -0.05) is 19.1 Å². The Balaban J connectivity index is 2.26. The van der Waals surface area contributed by atoms with Gasteiger partial charge in [-0.3, -0.25) is 9.59 Å². The minimum Gasteiger partial charge on any atom is -0.392 e. The molecule has 108 valence electrons. The van der Waals surface area contributed by atoms with E-state index in [9.17, 15) is 9.59 Å². The molecule has 19 heavy (non-hydrogen) atoms. The molecule has 0 radical (unpaired) electrons. The predicted octanol–water partition coefficient (Wildman–Crippen LogP) is -0.621. The molecule has 0 bridgehead atoms. The highest BCUT2D eigenvalue weighted by atomic mass is 32.1. The first-order valence-electron chi connectivity index (χ1n) is 6.62. The van der Waals surface area contributed by atoms with Crippen molar-refractivity contribution in [2.24, 2.45) is 5.73 Å². The number of carbonyl (C=O) groups is 2. The summed E-state index contributed by atoms with van der Waals surface area (Å²) >= 11 is 4.63. The Morgan fingerprint density at radius 2 is 1.95 bits per heavy atom. The zero-order chi connectivity index (χ0) is 14.3. The molecule has 2 amide bonds. The van der Waals surface area contributed by atoms with Crippen molar-refractivity contribution in [1.29, 1.82) is 0 Å². The molecule has 0 aliphatic carbocycles. The van der Waals surface area contributed by atoms with Crippen LogP contribution in [0.25, 0.3) is 0 Å². The molecule has 1 fully saturated rings. The Morgan fingerprint density at radius 3 is 2.47 bits per heavy atom. The highest BCUT2D eigenvalue weighted by molar-refractivity contribution is 7.80. The van der Waals surface area contributed by atoms with E-state index in [-0.39, 0.29) is 17.6 Å². The van der Waals surface area contributed by atoms with Crippen molar-refractivity contribution in [3.05, 3.63) is 0 Å². The Kier molecular flexibility index (Phi) is 6.72. The van der Waals surface area contributed by atoms with Gasteiger partial charge in [0, 0.05) is 19.1 Å². The monoisotopic (exact) mass is 286 g/mol. The Hall–Kier alpha value is -1.21. The topological polar surface area (TPSA) is 87.5 Å². The molecule has 4 N–H and O–H groups in total. The molecule has 0 aromatic rings. The first-order chi connectivity index (χ1) is 9.02. The number of amides is 2. The Morgan fingerprint density at radius 1 is 1.32 bits per heavy atom. The van der Waals surface area contributed by atoms with Crippen molar-refractivity contribution in [1.82, 2.24) is 15.5 Å². The van der Waals surface area contributed by atoms with Gasteiger partial charge in [0.15, 0.2) is 0 Å². The molecule has 7 heteroatoms. The molecule has 1 saturated heterocycles. The maximum absolute atomic E-state index is 11.6. The summed E-state index contributed by atoms with van der Waals surface area (Å²) in [5, 5.41) is 5.12. The number of rotatable bonds is 5. The molecular formula is C12H22N4O2S. The lowest BCUT2D eigenvalue weighted by molar-refractivity contribution is -0.139. The fraction of sp³-hybridized carbons (Fsp3) is 0.750. The average Bonchev–Trinajstić information content (AvgIpc) is 2.38. The molecule has 0 atom stereocenters. The summed E-state index contributed by atoms with van der Waals surface area (Å²) in [6.45, 7) is 5.23. The molecule has 1 rings (SSSR count). The van der Waals surface area contributed by atoms with Crippen LogP contribution >= 0.6 is 12.2 Å². The van der Waals surface area contributed by atoms with Gasteiger partial charge in [0.1, 0.15) is 0 Å². The third kappa shape index (κ3) is 5.98. The molecule has 0 unspecified atom stereocenters. The fourth-order valence-corrected chi connectivity index (χ4v) is 2.19. The molecule has 0 aromatic heterocycles. The second-order valence-electron chi connectivity index (χ2n) is 4.74. The van der Waals surface area contributed by atoms with Crippen LogP contribution in [-0.4, -0.2) is 53.9 Å². The van der Waals surface area contributed by atoms with Crippen molar-refractivity contribution in [2.45, 2.75) is 32.2 Å². The summed E-state index contributed by atoms with van der Waals surface area (Å²) in [7, 11) is 0. The number of nitrogens with zero attached hydrogens (tertiary/aromatic N) is 1. The van der Waals surface area contributed by atoms with Crippen LogP contribution in [0.15, 0.2) is 0 Å². The van der Waals surface area contributed by atoms with Crippen LogP contribution < -0.4 is 16.4 Å². The number of piperidine rings is 1. The van der Waals surface area contributed by atoms with Crippen molar-refractivity contribution in [3.63, 3.8) is 0 Å². The van der Waals surface area contributed by atoms with Crippen LogP contribution in [0.2, 0.25) is 0 Å². The van der Waals surface area contributed by atoms with Crippen LogP contribution in [0.5, 0.6) is 0 Å². The van der Waals surface area contributed by atoms with Crippen LogP contribution in [0, 0.1) is 0 Å². The van der Waals surface area contributed by atoms with E-state index >= 15 is 0 Å². The summed E-state index contributed by atoms with van der Waals surface area (Å²) in [5.41, 5.74) is 5.25. The van der Waals surface area contributed by atoms with E-state index in [1.54, 1.807) is 0 Å². The van der Waals surface area contributed by atoms with E-state index in [1.807, 2.05) is 0 Å². The highest BCUT2D eigenvalue weighted by Gasteiger charge is 2.22. The summed E-state index contributed by atoms with van der Waals surface area (Å²) in [6.07, 6.45) is 2.90. The lowest BCUT2D eigenvalue weighted by Crippen LogP contribution is -2.49. The number of thiocarbonyl (C=S) groups is 1. The molecule has 1 aliphatic rings. The van der Waals surface area contributed by atoms with Gasteiger partial charge in [-0.15, -0.1) is 0 Å². The summed E-state index contributed by atoms with van der Waals surface area (Å²) in [6, 6.07) is 0.0798. The zero-order valence-corrected chi connectivity index (χ0v) is 12.1. The molecule has 0 saturated carbocycles. The first-order valence-corrected chi connectivity index (χ1v) is 7.03. The largest absolute Gasteiger partial charge is 0.392 e. The SMILES string of the molecule is CCCN1CCC(NC(=O)C(=O)NCC(N)=S)CC1. The smallest absolute Gasteiger partial charge is 0.309 e. The summed E-state index contributed by atoms with van der Waals surface area (Å²) in [4.78, 5) is 25.6. The highest BCUT2D eigenvalue weighted by Crippen LogP contribution is 2.10. The van der Waals surface area contributed by atoms with Crippen LogP contribution in [0.1, 0.15) is 26.2 Å². The van der Waals surface area contributed by atoms with Crippen molar-refractivity contribution in [3.8, 4) is 0 Å². The van der Waals surface area contributed by atoms with Crippen LogP contribution in [-0.2, 0) is 9.59 Å². The normalized spacial score (nSPS) is 16.9. The molecule has 1 aliphatic heterocycles. The first kappa shape index (κ1) is 15.8. The molecule has 0 spiro atoms. The van der Waals surface area contributed by atoms with Crippen LogP contribution in [0.4, 0.5) is 0 Å². The van der Waals surface area contributed by atoms with E-state index in [2.05, 4.69) is 34.7 Å². The van der Waals surface area contributed by atoms with E-state index in [1.165, 1.54) is 0 Å². The second-order valence-corrected chi connectivity index (χ2v) is 5.26. The minimum absolute atomic E-state index is 0.0521. The van der Waals surface area contributed by atoms with Crippen molar-refractivity contribution >= 4 is 29.0 Å². The van der Waals surface area contributed by atoms with Gasteiger partial charge in [-0.25, -0.2) is 0 Å². The summed E-state index contributed by atoms with van der Waals surface area (Å²) in [5.74, 6) is -1.28. The lowest BCUT2D eigenvalue weighted by Gasteiger charge is -2.31. The maximum atomic E-state index is 11.6. The third-order valence-electron chi connectivity index (χ3n) is 3.09. The van der Waals surface area contributed by atoms with Gasteiger partial charge in [0.25, 0.3) is 0 Å². The van der Waals surface area contributed by atoms with Gasteiger partial charge >= 0.3 is 11.8 Å². The Bertz CT molecular complexity index is 341. The van der Waals surface area contributed by atoms with Gasteiger partial charge in [-0.2, -0.15) is 0 Å². The number of nitrogens with one attached hydrogen (secondary N) is 2. The number of nitrogens with two attached hydrogens (primary N) is 1. The zero-order valence-electron chi connectivity index (χ0n) is 11.3. The van der Waals surface area contributed by atoms with E-state index in [0.717, 1.165) is 38.9 Å². The predicted molar refractivity (Wildman–Crippen MR) is 77.7 cm³/mol. The van der Waals surface area contributed by atoms with Gasteiger partial charge in [-0.05, 0) is 25.8 Å².